The number of Topliss-reactive ketones (excluding diaryl/α,β-unsaturated/α-hetero) is 1. The van der Waals surface area contributed by atoms with Crippen LogP contribution in [0.15, 0.2) is 35.8 Å². The summed E-state index contributed by atoms with van der Waals surface area (Å²) in [6.07, 6.45) is 1.15. The smallest absolute Gasteiger partial charge is 0.412 e. The van der Waals surface area contributed by atoms with Gasteiger partial charge in [0.05, 0.1) is 12.3 Å². The molecule has 1 amide bonds. The third-order valence-corrected chi connectivity index (χ3v) is 5.55. The highest BCUT2D eigenvalue weighted by atomic mass is 32.1. The van der Waals surface area contributed by atoms with Gasteiger partial charge >= 0.3 is 6.09 Å². The number of amides is 1. The van der Waals surface area contributed by atoms with Gasteiger partial charge in [0.1, 0.15) is 16.7 Å². The lowest BCUT2D eigenvalue weighted by Crippen LogP contribution is -2.41. The Balaban J connectivity index is 1.64. The molecule has 1 fully saturated rings. The summed E-state index contributed by atoms with van der Waals surface area (Å²) in [5.74, 6) is -0.249. The number of aromatic nitrogens is 1. The summed E-state index contributed by atoms with van der Waals surface area (Å²) in [4.78, 5) is 31.9. The molecular formula is C22H29N3O4S. The molecule has 0 radical (unpaired) electrons. The van der Waals surface area contributed by atoms with E-state index in [1.54, 1.807) is 62.6 Å². The molecule has 1 aromatic heterocycles. The SMILES string of the molecule is C[C@H](CN1CCO[C@H](c2nccs2)C1)C(=O)c1ccccc1NC(=O)OC(C)(C)C. The second-order valence-electron chi connectivity index (χ2n) is 8.43. The van der Waals surface area contributed by atoms with Gasteiger partial charge in [-0.15, -0.1) is 11.3 Å². The van der Waals surface area contributed by atoms with Crippen LogP contribution in [-0.4, -0.2) is 53.6 Å². The van der Waals surface area contributed by atoms with Crippen LogP contribution < -0.4 is 5.32 Å². The minimum atomic E-state index is -0.610. The topological polar surface area (TPSA) is 80.8 Å². The van der Waals surface area contributed by atoms with Crippen LogP contribution in [0.25, 0.3) is 0 Å². The number of anilines is 1. The number of para-hydroxylation sites is 1. The zero-order valence-electron chi connectivity index (χ0n) is 17.9. The van der Waals surface area contributed by atoms with Crippen molar-refractivity contribution in [3.05, 3.63) is 46.4 Å². The highest BCUT2D eigenvalue weighted by Gasteiger charge is 2.28. The summed E-state index contributed by atoms with van der Waals surface area (Å²) >= 11 is 1.58. The molecule has 2 heterocycles. The second kappa shape index (κ2) is 9.68. The fraction of sp³-hybridized carbons (Fsp3) is 0.500. The predicted molar refractivity (Wildman–Crippen MR) is 117 cm³/mol. The monoisotopic (exact) mass is 431 g/mol. The Bertz CT molecular complexity index is 864. The molecule has 0 unspecified atom stereocenters. The van der Waals surface area contributed by atoms with E-state index in [4.69, 9.17) is 9.47 Å². The van der Waals surface area contributed by atoms with E-state index in [1.165, 1.54) is 0 Å². The number of ketones is 1. The van der Waals surface area contributed by atoms with Gasteiger partial charge in [0.2, 0.25) is 0 Å². The molecule has 0 saturated carbocycles. The third-order valence-electron chi connectivity index (χ3n) is 4.69. The van der Waals surface area contributed by atoms with Crippen molar-refractivity contribution in [1.82, 2.24) is 9.88 Å². The van der Waals surface area contributed by atoms with Crippen LogP contribution in [0.5, 0.6) is 0 Å². The Morgan fingerprint density at radius 1 is 1.37 bits per heavy atom. The average Bonchev–Trinajstić information content (AvgIpc) is 3.21. The maximum Gasteiger partial charge on any atom is 0.412 e. The molecule has 0 aliphatic carbocycles. The van der Waals surface area contributed by atoms with Crippen LogP contribution in [0.4, 0.5) is 10.5 Å². The normalized spacial score (nSPS) is 18.6. The molecule has 7 nitrogen and oxygen atoms in total. The van der Waals surface area contributed by atoms with Gasteiger partial charge in [-0.2, -0.15) is 0 Å². The van der Waals surface area contributed by atoms with Gasteiger partial charge in [0.15, 0.2) is 5.78 Å². The quantitative estimate of drug-likeness (QED) is 0.684. The van der Waals surface area contributed by atoms with E-state index in [0.29, 0.717) is 30.9 Å². The van der Waals surface area contributed by atoms with Crippen molar-refractivity contribution in [3.63, 3.8) is 0 Å². The number of nitrogens with one attached hydrogen (secondary N) is 1. The number of carbonyl (C=O) groups is 2. The largest absolute Gasteiger partial charge is 0.444 e. The fourth-order valence-electron chi connectivity index (χ4n) is 3.37. The summed E-state index contributed by atoms with van der Waals surface area (Å²) in [6, 6.07) is 7.04. The number of morpholine rings is 1. The van der Waals surface area contributed by atoms with Crippen molar-refractivity contribution in [3.8, 4) is 0 Å². The standard InChI is InChI=1S/C22H29N3O4S/c1-15(13-25-10-11-28-18(14-25)20-23-9-12-30-20)19(26)16-7-5-6-8-17(16)24-21(27)29-22(2,3)4/h5-9,12,15,18H,10-11,13-14H2,1-4H3,(H,24,27)/t15-,18+/m1/s1. The third kappa shape index (κ3) is 6.10. The summed E-state index contributed by atoms with van der Waals surface area (Å²) in [5.41, 5.74) is 0.340. The Kier molecular flexibility index (Phi) is 7.23. The molecular weight excluding hydrogens is 402 g/mol. The number of nitrogens with zero attached hydrogens (tertiary/aromatic N) is 2. The van der Waals surface area contributed by atoms with Crippen LogP contribution in [0.2, 0.25) is 0 Å². The van der Waals surface area contributed by atoms with Gasteiger partial charge in [0, 0.05) is 42.7 Å². The summed E-state index contributed by atoms with van der Waals surface area (Å²) in [6.45, 7) is 10.0. The van der Waals surface area contributed by atoms with Crippen LogP contribution in [0.3, 0.4) is 0 Å². The number of rotatable bonds is 6. The molecule has 1 aliphatic rings. The van der Waals surface area contributed by atoms with E-state index in [-0.39, 0.29) is 17.8 Å². The van der Waals surface area contributed by atoms with Crippen molar-refractivity contribution >= 4 is 28.9 Å². The van der Waals surface area contributed by atoms with Crippen LogP contribution >= 0.6 is 11.3 Å². The van der Waals surface area contributed by atoms with Gasteiger partial charge in [-0.05, 0) is 32.9 Å². The van der Waals surface area contributed by atoms with E-state index >= 15 is 0 Å². The summed E-state index contributed by atoms with van der Waals surface area (Å²) in [7, 11) is 0. The van der Waals surface area contributed by atoms with Crippen molar-refractivity contribution in [1.29, 1.82) is 0 Å². The summed E-state index contributed by atoms with van der Waals surface area (Å²) < 4.78 is 11.2. The number of thiazole rings is 1. The van der Waals surface area contributed by atoms with Crippen molar-refractivity contribution in [2.24, 2.45) is 5.92 Å². The van der Waals surface area contributed by atoms with Crippen LogP contribution in [-0.2, 0) is 9.47 Å². The first-order chi connectivity index (χ1) is 14.2. The molecule has 0 bridgehead atoms. The zero-order chi connectivity index (χ0) is 21.7. The van der Waals surface area contributed by atoms with Gasteiger partial charge in [0.25, 0.3) is 0 Å². The first kappa shape index (κ1) is 22.4. The molecule has 1 aromatic carbocycles. The lowest BCUT2D eigenvalue weighted by atomic mass is 9.97. The Hall–Kier alpha value is -2.29. The maximum atomic E-state index is 13.2. The van der Waals surface area contributed by atoms with E-state index < -0.39 is 11.7 Å². The number of hydrogen-bond acceptors (Lipinski definition) is 7. The highest BCUT2D eigenvalue weighted by Crippen LogP contribution is 2.26. The first-order valence-electron chi connectivity index (χ1n) is 10.1. The summed E-state index contributed by atoms with van der Waals surface area (Å²) in [5, 5.41) is 5.62. The lowest BCUT2D eigenvalue weighted by molar-refractivity contribution is -0.0330. The fourth-order valence-corrected chi connectivity index (χ4v) is 4.04. The molecule has 8 heteroatoms. The predicted octanol–water partition coefficient (Wildman–Crippen LogP) is 4.38. The van der Waals surface area contributed by atoms with Gasteiger partial charge < -0.3 is 9.47 Å². The lowest BCUT2D eigenvalue weighted by Gasteiger charge is -2.33. The molecule has 1 aliphatic heterocycles. The number of carbonyl (C=O) groups excluding carboxylic acids is 2. The molecule has 2 aromatic rings. The zero-order valence-corrected chi connectivity index (χ0v) is 18.7. The Morgan fingerprint density at radius 3 is 2.83 bits per heavy atom. The molecule has 162 valence electrons. The molecule has 2 atom stereocenters. The van der Waals surface area contributed by atoms with Crippen molar-refractivity contribution < 1.29 is 19.1 Å². The number of ether oxygens (including phenoxy) is 2. The maximum absolute atomic E-state index is 13.2. The van der Waals surface area contributed by atoms with Crippen molar-refractivity contribution in [2.75, 3.05) is 31.6 Å². The molecule has 1 N–H and O–H groups in total. The Labute approximate surface area is 181 Å². The number of benzene rings is 1. The van der Waals surface area contributed by atoms with E-state index in [2.05, 4.69) is 15.2 Å². The van der Waals surface area contributed by atoms with E-state index in [9.17, 15) is 9.59 Å². The molecule has 0 spiro atoms. The minimum absolute atomic E-state index is 0.0149. The number of hydrogen-bond donors (Lipinski definition) is 1. The van der Waals surface area contributed by atoms with E-state index in [1.807, 2.05) is 12.3 Å². The highest BCUT2D eigenvalue weighted by molar-refractivity contribution is 7.09. The molecule has 30 heavy (non-hydrogen) atoms. The van der Waals surface area contributed by atoms with E-state index in [0.717, 1.165) is 11.6 Å². The van der Waals surface area contributed by atoms with Gasteiger partial charge in [-0.25, -0.2) is 9.78 Å². The van der Waals surface area contributed by atoms with Gasteiger partial charge in [-0.3, -0.25) is 15.0 Å². The molecule has 3 rings (SSSR count). The molecule has 1 saturated heterocycles. The second-order valence-corrected chi connectivity index (χ2v) is 9.35. The van der Waals surface area contributed by atoms with Crippen LogP contribution in [0.1, 0.15) is 49.2 Å². The average molecular weight is 432 g/mol. The first-order valence-corrected chi connectivity index (χ1v) is 11.0. The van der Waals surface area contributed by atoms with Crippen LogP contribution in [0, 0.1) is 5.92 Å². The van der Waals surface area contributed by atoms with Gasteiger partial charge in [-0.1, -0.05) is 19.1 Å². The van der Waals surface area contributed by atoms with Crippen molar-refractivity contribution in [2.45, 2.75) is 39.4 Å². The minimum Gasteiger partial charge on any atom is -0.444 e. The Morgan fingerprint density at radius 2 is 2.13 bits per heavy atom.